The summed E-state index contributed by atoms with van der Waals surface area (Å²) in [5.41, 5.74) is 0. The van der Waals surface area contributed by atoms with Crippen LogP contribution in [0.15, 0.2) is 0 Å². The Labute approximate surface area is 60.4 Å². The first kappa shape index (κ1) is 8.35. The van der Waals surface area contributed by atoms with Gasteiger partial charge in [-0.3, -0.25) is 0 Å². The van der Waals surface area contributed by atoms with Crippen molar-refractivity contribution >= 4 is 5.97 Å². The second kappa shape index (κ2) is 2.38. The van der Waals surface area contributed by atoms with Crippen LogP contribution in [-0.4, -0.2) is 40.9 Å². The fraction of sp³-hybridized carbons (Fsp3) is 0.800. The molecule has 0 saturated carbocycles. The number of carbonyl (C=O) groups excluding carboxylic acids is 1. The zero-order valence-corrected chi connectivity index (χ0v) is 5.33. The predicted molar refractivity (Wildman–Crippen MR) is 27.9 cm³/mol. The molecule has 11 heavy (non-hydrogen) atoms. The molecule has 0 spiro atoms. The van der Waals surface area contributed by atoms with E-state index in [9.17, 15) is 13.6 Å². The van der Waals surface area contributed by atoms with Crippen LogP contribution in [0.4, 0.5) is 8.78 Å². The number of ether oxygens (including phenoxy) is 1. The van der Waals surface area contributed by atoms with E-state index < -0.39 is 30.7 Å². The van der Waals surface area contributed by atoms with Gasteiger partial charge in [0.1, 0.15) is 0 Å². The minimum atomic E-state index is -3.88. The van der Waals surface area contributed by atoms with Gasteiger partial charge >= 0.3 is 11.9 Å². The molecule has 0 unspecified atom stereocenters. The summed E-state index contributed by atoms with van der Waals surface area (Å²) in [5.74, 6) is -5.67. The van der Waals surface area contributed by atoms with Gasteiger partial charge in [-0.2, -0.15) is 8.78 Å². The third-order valence-corrected chi connectivity index (χ3v) is 1.43. The van der Waals surface area contributed by atoms with Crippen molar-refractivity contribution in [2.24, 2.45) is 0 Å². The van der Waals surface area contributed by atoms with Crippen LogP contribution in [0.2, 0.25) is 0 Å². The van der Waals surface area contributed by atoms with Gasteiger partial charge in [-0.25, -0.2) is 4.79 Å². The quantitative estimate of drug-likeness (QED) is 0.488. The number of alkyl halides is 2. The number of hydrogen-bond acceptors (Lipinski definition) is 4. The van der Waals surface area contributed by atoms with Crippen molar-refractivity contribution in [2.45, 2.75) is 18.1 Å². The molecule has 0 radical (unpaired) electrons. The Morgan fingerprint density at radius 3 is 2.36 bits per heavy atom. The van der Waals surface area contributed by atoms with E-state index in [-0.39, 0.29) is 0 Å². The van der Waals surface area contributed by atoms with Gasteiger partial charge in [0.2, 0.25) is 0 Å². The Bertz CT molecular complexity index is 181. The lowest BCUT2D eigenvalue weighted by atomic mass is 10.1. The van der Waals surface area contributed by atoms with Gasteiger partial charge in [0.05, 0.1) is 6.61 Å². The number of carbonyl (C=O) groups is 1. The van der Waals surface area contributed by atoms with Gasteiger partial charge in [0, 0.05) is 0 Å². The molecule has 0 aliphatic carbocycles. The van der Waals surface area contributed by atoms with Crippen molar-refractivity contribution in [3.63, 3.8) is 0 Å². The molecule has 4 nitrogen and oxygen atoms in total. The first-order valence-corrected chi connectivity index (χ1v) is 2.88. The summed E-state index contributed by atoms with van der Waals surface area (Å²) in [5, 5.41) is 16.9. The van der Waals surface area contributed by atoms with E-state index in [0.29, 0.717) is 0 Å². The zero-order chi connectivity index (χ0) is 8.65. The SMILES string of the molecule is O=C1O[C@@H](CO)[C@@H](O)C1(F)F. The van der Waals surface area contributed by atoms with Crippen LogP contribution in [0, 0.1) is 0 Å². The molecule has 64 valence electrons. The third-order valence-electron chi connectivity index (χ3n) is 1.43. The number of rotatable bonds is 1. The molecule has 1 aliphatic heterocycles. The summed E-state index contributed by atoms with van der Waals surface area (Å²) in [6.07, 6.45) is -3.74. The maximum atomic E-state index is 12.3. The maximum absolute atomic E-state index is 12.3. The van der Waals surface area contributed by atoms with Gasteiger partial charge in [0.25, 0.3) is 0 Å². The minimum Gasteiger partial charge on any atom is -0.452 e. The molecular formula is C5H6F2O4. The van der Waals surface area contributed by atoms with Crippen molar-refractivity contribution in [2.75, 3.05) is 6.61 Å². The summed E-state index contributed by atoms with van der Waals surface area (Å²) in [6, 6.07) is 0. The Hall–Kier alpha value is -0.750. The second-order valence-corrected chi connectivity index (χ2v) is 2.19. The van der Waals surface area contributed by atoms with Crippen LogP contribution in [0.3, 0.4) is 0 Å². The standard InChI is InChI=1S/C5H6F2O4/c6-5(7)3(9)2(1-8)11-4(5)10/h2-3,8-9H,1H2/t2-,3+/m0/s1. The fourth-order valence-electron chi connectivity index (χ4n) is 0.772. The summed E-state index contributed by atoms with van der Waals surface area (Å²) in [4.78, 5) is 10.2. The van der Waals surface area contributed by atoms with Crippen LogP contribution < -0.4 is 0 Å². The Morgan fingerprint density at radius 2 is 2.18 bits per heavy atom. The van der Waals surface area contributed by atoms with Gasteiger partial charge in [-0.1, -0.05) is 0 Å². The van der Waals surface area contributed by atoms with E-state index in [1.165, 1.54) is 0 Å². The highest BCUT2D eigenvalue weighted by Gasteiger charge is 2.59. The number of hydrogen-bond donors (Lipinski definition) is 2. The van der Waals surface area contributed by atoms with Crippen LogP contribution in [-0.2, 0) is 9.53 Å². The summed E-state index contributed by atoms with van der Waals surface area (Å²) < 4.78 is 28.6. The summed E-state index contributed by atoms with van der Waals surface area (Å²) in [7, 11) is 0. The average Bonchev–Trinajstić information content (AvgIpc) is 2.14. The Kier molecular flexibility index (Phi) is 1.81. The lowest BCUT2D eigenvalue weighted by Crippen LogP contribution is -2.38. The van der Waals surface area contributed by atoms with Crippen LogP contribution >= 0.6 is 0 Å². The van der Waals surface area contributed by atoms with Crippen molar-refractivity contribution in [3.8, 4) is 0 Å². The maximum Gasteiger partial charge on any atom is 0.380 e. The van der Waals surface area contributed by atoms with Crippen molar-refractivity contribution < 1.29 is 28.5 Å². The van der Waals surface area contributed by atoms with Gasteiger partial charge in [0.15, 0.2) is 12.2 Å². The molecule has 2 atom stereocenters. The Morgan fingerprint density at radius 1 is 1.64 bits per heavy atom. The van der Waals surface area contributed by atoms with Crippen LogP contribution in [0.5, 0.6) is 0 Å². The highest BCUT2D eigenvalue weighted by atomic mass is 19.3. The topological polar surface area (TPSA) is 66.8 Å². The normalized spacial score (nSPS) is 35.5. The summed E-state index contributed by atoms with van der Waals surface area (Å²) in [6.45, 7) is -0.803. The van der Waals surface area contributed by atoms with E-state index in [1.54, 1.807) is 0 Å². The highest BCUT2D eigenvalue weighted by Crippen LogP contribution is 2.30. The van der Waals surface area contributed by atoms with Crippen LogP contribution in [0.25, 0.3) is 0 Å². The summed E-state index contributed by atoms with van der Waals surface area (Å²) >= 11 is 0. The van der Waals surface area contributed by atoms with Crippen molar-refractivity contribution in [1.82, 2.24) is 0 Å². The average molecular weight is 168 g/mol. The number of cyclic esters (lactones) is 1. The van der Waals surface area contributed by atoms with E-state index in [4.69, 9.17) is 10.2 Å². The first-order chi connectivity index (χ1) is 5.00. The number of aliphatic hydroxyl groups is 2. The van der Waals surface area contributed by atoms with Crippen molar-refractivity contribution in [1.29, 1.82) is 0 Å². The zero-order valence-electron chi connectivity index (χ0n) is 5.33. The van der Waals surface area contributed by atoms with Gasteiger partial charge < -0.3 is 14.9 Å². The molecule has 1 saturated heterocycles. The molecule has 1 fully saturated rings. The van der Waals surface area contributed by atoms with E-state index in [1.807, 2.05) is 0 Å². The third kappa shape index (κ3) is 1.08. The van der Waals surface area contributed by atoms with Gasteiger partial charge in [-0.05, 0) is 0 Å². The van der Waals surface area contributed by atoms with Crippen molar-refractivity contribution in [3.05, 3.63) is 0 Å². The van der Waals surface area contributed by atoms with E-state index in [0.717, 1.165) is 0 Å². The lowest BCUT2D eigenvalue weighted by Gasteiger charge is -2.10. The smallest absolute Gasteiger partial charge is 0.380 e. The molecule has 6 heteroatoms. The number of esters is 1. The fourth-order valence-corrected chi connectivity index (χ4v) is 0.772. The minimum absolute atomic E-state index is 0.803. The molecular weight excluding hydrogens is 162 g/mol. The molecule has 0 aromatic heterocycles. The molecule has 2 N–H and O–H groups in total. The molecule has 0 amide bonds. The van der Waals surface area contributed by atoms with E-state index in [2.05, 4.69) is 4.74 Å². The predicted octanol–water partition coefficient (Wildman–Crippen LogP) is -1.10. The number of aliphatic hydroxyl groups excluding tert-OH is 2. The molecule has 0 bridgehead atoms. The lowest BCUT2D eigenvalue weighted by molar-refractivity contribution is -0.162. The second-order valence-electron chi connectivity index (χ2n) is 2.19. The molecule has 1 aliphatic rings. The number of halogens is 2. The van der Waals surface area contributed by atoms with E-state index >= 15 is 0 Å². The molecule has 1 rings (SSSR count). The first-order valence-electron chi connectivity index (χ1n) is 2.88. The molecule has 0 aromatic carbocycles. The largest absolute Gasteiger partial charge is 0.452 e. The highest BCUT2D eigenvalue weighted by molar-refractivity contribution is 5.81. The Balaban J connectivity index is 2.80. The molecule has 1 heterocycles. The van der Waals surface area contributed by atoms with Gasteiger partial charge in [-0.15, -0.1) is 0 Å². The monoisotopic (exact) mass is 168 g/mol. The van der Waals surface area contributed by atoms with Crippen LogP contribution in [0.1, 0.15) is 0 Å². The molecule has 0 aromatic rings.